The molecule has 0 bridgehead atoms. The highest BCUT2D eigenvalue weighted by atomic mass is 32.1. The molecule has 7 nitrogen and oxygen atoms in total. The summed E-state index contributed by atoms with van der Waals surface area (Å²) in [5, 5.41) is 8.87. The van der Waals surface area contributed by atoms with Crippen molar-refractivity contribution in [1.29, 1.82) is 0 Å². The summed E-state index contributed by atoms with van der Waals surface area (Å²) in [7, 11) is 0. The van der Waals surface area contributed by atoms with E-state index >= 15 is 0 Å². The van der Waals surface area contributed by atoms with Crippen LogP contribution in [0.4, 0.5) is 0 Å². The van der Waals surface area contributed by atoms with Gasteiger partial charge in [0.05, 0.1) is 30.2 Å². The van der Waals surface area contributed by atoms with Crippen molar-refractivity contribution >= 4 is 17.4 Å². The number of hydrogen-bond donors (Lipinski definition) is 0. The number of benzene rings is 1. The van der Waals surface area contributed by atoms with Crippen LogP contribution in [0.5, 0.6) is 0 Å². The largest absolute Gasteiger partial charge is 0.327 e. The normalized spacial score (nSPS) is 13.1. The molecule has 4 aromatic rings. The number of rotatable bonds is 3. The first kappa shape index (κ1) is 17.8. The summed E-state index contributed by atoms with van der Waals surface area (Å²) in [6, 6.07) is 10.3. The topological polar surface area (TPSA) is 68.8 Å². The molecular weight excluding hydrogens is 384 g/mol. The minimum atomic E-state index is -0.0355. The Bertz CT molecular complexity index is 1220. The molecule has 5 rings (SSSR count). The van der Waals surface area contributed by atoms with Gasteiger partial charge in [0.25, 0.3) is 5.91 Å². The molecular formula is C21H20N6OS. The summed E-state index contributed by atoms with van der Waals surface area (Å²) in [4.78, 5) is 15.4. The van der Waals surface area contributed by atoms with E-state index in [1.165, 1.54) is 11.1 Å². The van der Waals surface area contributed by atoms with Gasteiger partial charge in [-0.05, 0) is 67.7 Å². The van der Waals surface area contributed by atoms with Crippen LogP contribution in [0.1, 0.15) is 37.7 Å². The Morgan fingerprint density at radius 2 is 1.86 bits per heavy atom. The van der Waals surface area contributed by atoms with E-state index in [0.29, 0.717) is 23.7 Å². The third-order valence-electron chi connectivity index (χ3n) is 5.45. The Morgan fingerprint density at radius 1 is 1.07 bits per heavy atom. The van der Waals surface area contributed by atoms with Crippen LogP contribution in [-0.2, 0) is 13.1 Å². The molecule has 4 heterocycles. The lowest BCUT2D eigenvalue weighted by molar-refractivity contribution is 0.0753. The van der Waals surface area contributed by atoms with Gasteiger partial charge < -0.3 is 9.47 Å². The van der Waals surface area contributed by atoms with Crippen LogP contribution in [0.15, 0.2) is 42.7 Å². The van der Waals surface area contributed by atoms with Crippen molar-refractivity contribution in [3.8, 4) is 11.5 Å². The number of aromatic nitrogens is 5. The van der Waals surface area contributed by atoms with Crippen LogP contribution >= 0.6 is 11.5 Å². The third-order valence-corrected chi connectivity index (χ3v) is 6.26. The molecule has 0 fully saturated rings. The fourth-order valence-electron chi connectivity index (χ4n) is 3.70. The van der Waals surface area contributed by atoms with Gasteiger partial charge in [-0.25, -0.2) is 4.68 Å². The number of amides is 1. The maximum absolute atomic E-state index is 12.9. The molecule has 0 unspecified atom stereocenters. The van der Waals surface area contributed by atoms with Gasteiger partial charge in [0.1, 0.15) is 10.7 Å². The van der Waals surface area contributed by atoms with Crippen LogP contribution in [0.3, 0.4) is 0 Å². The molecule has 146 valence electrons. The summed E-state index contributed by atoms with van der Waals surface area (Å²) >= 11 is 1.15. The van der Waals surface area contributed by atoms with E-state index in [4.69, 9.17) is 5.10 Å². The second kappa shape index (κ2) is 6.66. The first-order valence-electron chi connectivity index (χ1n) is 9.43. The zero-order chi connectivity index (χ0) is 20.1. The summed E-state index contributed by atoms with van der Waals surface area (Å²) in [5.74, 6) is 0.939. The van der Waals surface area contributed by atoms with Crippen molar-refractivity contribution in [2.24, 2.45) is 0 Å². The fraction of sp³-hybridized carbons (Fsp3) is 0.238. The summed E-state index contributed by atoms with van der Waals surface area (Å²) in [5.41, 5.74) is 6.17. The number of aryl methyl sites for hydroxylation is 3. The minimum absolute atomic E-state index is 0.0355. The summed E-state index contributed by atoms with van der Waals surface area (Å²) in [6.07, 6.45) is 4.02. The average Bonchev–Trinajstić information content (AvgIpc) is 3.46. The summed E-state index contributed by atoms with van der Waals surface area (Å²) in [6.45, 7) is 7.03. The van der Waals surface area contributed by atoms with E-state index in [-0.39, 0.29) is 5.91 Å². The predicted molar refractivity (Wildman–Crippen MR) is 111 cm³/mol. The molecule has 0 N–H and O–H groups in total. The molecule has 0 saturated carbocycles. The van der Waals surface area contributed by atoms with Crippen molar-refractivity contribution in [1.82, 2.24) is 28.8 Å². The molecule has 0 radical (unpaired) electrons. The maximum Gasteiger partial charge on any atom is 0.268 e. The van der Waals surface area contributed by atoms with Crippen molar-refractivity contribution in [2.75, 3.05) is 0 Å². The molecule has 8 heteroatoms. The van der Waals surface area contributed by atoms with E-state index in [9.17, 15) is 4.79 Å². The minimum Gasteiger partial charge on any atom is -0.327 e. The first-order valence-corrected chi connectivity index (χ1v) is 10.2. The standard InChI is InChI=1S/C21H20N6OS/c1-13-6-7-16(10-14(13)2)27-20(25-8-4-5-9-25)17-11-26(12-18(17)23-27)21(28)19-15(3)22-24-29-19/h4-10H,11-12H2,1-3H3. The Labute approximate surface area is 172 Å². The first-order chi connectivity index (χ1) is 14.0. The van der Waals surface area contributed by atoms with Crippen molar-refractivity contribution in [2.45, 2.75) is 33.9 Å². The van der Waals surface area contributed by atoms with Gasteiger partial charge in [-0.2, -0.15) is 5.10 Å². The number of nitrogens with zero attached hydrogens (tertiary/aromatic N) is 6. The van der Waals surface area contributed by atoms with Gasteiger partial charge in [0, 0.05) is 18.0 Å². The fourth-order valence-corrected chi connectivity index (χ4v) is 4.32. The average molecular weight is 404 g/mol. The number of fused-ring (bicyclic) bond motifs is 1. The van der Waals surface area contributed by atoms with E-state index in [1.807, 2.05) is 41.0 Å². The van der Waals surface area contributed by atoms with E-state index < -0.39 is 0 Å². The monoisotopic (exact) mass is 404 g/mol. The molecule has 1 aliphatic heterocycles. The maximum atomic E-state index is 12.9. The van der Waals surface area contributed by atoms with Gasteiger partial charge in [0.2, 0.25) is 0 Å². The highest BCUT2D eigenvalue weighted by Crippen LogP contribution is 2.32. The molecule has 0 saturated heterocycles. The Hall–Kier alpha value is -3.26. The SMILES string of the molecule is Cc1ccc(-n2nc3c(c2-n2cccc2)CN(C(=O)c2snnc2C)C3)cc1C. The molecule has 0 aliphatic carbocycles. The number of hydrogen-bond acceptors (Lipinski definition) is 5. The Balaban J connectivity index is 1.57. The van der Waals surface area contributed by atoms with Crippen molar-refractivity contribution in [3.05, 3.63) is 75.7 Å². The zero-order valence-corrected chi connectivity index (χ0v) is 17.3. The van der Waals surface area contributed by atoms with Crippen LogP contribution < -0.4 is 0 Å². The Kier molecular flexibility index (Phi) is 4.09. The third kappa shape index (κ3) is 2.87. The van der Waals surface area contributed by atoms with Crippen LogP contribution in [0, 0.1) is 20.8 Å². The molecule has 3 aromatic heterocycles. The van der Waals surface area contributed by atoms with E-state index in [0.717, 1.165) is 34.3 Å². The highest BCUT2D eigenvalue weighted by Gasteiger charge is 2.33. The second-order valence-electron chi connectivity index (χ2n) is 7.37. The Morgan fingerprint density at radius 3 is 2.55 bits per heavy atom. The lowest BCUT2D eigenvalue weighted by Gasteiger charge is -2.17. The molecule has 1 aromatic carbocycles. The molecule has 1 aliphatic rings. The van der Waals surface area contributed by atoms with Gasteiger partial charge >= 0.3 is 0 Å². The van der Waals surface area contributed by atoms with Crippen molar-refractivity contribution < 1.29 is 4.79 Å². The molecule has 0 atom stereocenters. The van der Waals surface area contributed by atoms with Crippen LogP contribution in [0.25, 0.3) is 11.5 Å². The molecule has 29 heavy (non-hydrogen) atoms. The number of carbonyl (C=O) groups is 1. The van der Waals surface area contributed by atoms with Gasteiger partial charge in [-0.15, -0.1) is 5.10 Å². The lowest BCUT2D eigenvalue weighted by Crippen LogP contribution is -2.26. The van der Waals surface area contributed by atoms with Gasteiger partial charge in [-0.3, -0.25) is 4.79 Å². The van der Waals surface area contributed by atoms with Gasteiger partial charge in [0.15, 0.2) is 0 Å². The van der Waals surface area contributed by atoms with Crippen molar-refractivity contribution in [3.63, 3.8) is 0 Å². The quantitative estimate of drug-likeness (QED) is 0.523. The predicted octanol–water partition coefficient (Wildman–Crippen LogP) is 3.60. The zero-order valence-electron chi connectivity index (χ0n) is 16.5. The van der Waals surface area contributed by atoms with Gasteiger partial charge in [-0.1, -0.05) is 10.6 Å². The van der Waals surface area contributed by atoms with Crippen LogP contribution in [0.2, 0.25) is 0 Å². The smallest absolute Gasteiger partial charge is 0.268 e. The number of carbonyl (C=O) groups excluding carboxylic acids is 1. The lowest BCUT2D eigenvalue weighted by atomic mass is 10.1. The molecule has 1 amide bonds. The van der Waals surface area contributed by atoms with E-state index in [1.54, 1.807) is 0 Å². The van der Waals surface area contributed by atoms with Crippen LogP contribution in [-0.4, -0.2) is 34.7 Å². The molecule has 0 spiro atoms. The second-order valence-corrected chi connectivity index (χ2v) is 8.12. The summed E-state index contributed by atoms with van der Waals surface area (Å²) < 4.78 is 7.95. The van der Waals surface area contributed by atoms with E-state index in [2.05, 4.69) is 46.2 Å². The highest BCUT2D eigenvalue weighted by molar-refractivity contribution is 7.07.